The normalized spacial score (nSPS) is 11.4. The maximum atomic E-state index is 11.6. The Labute approximate surface area is 122 Å². The summed E-state index contributed by atoms with van der Waals surface area (Å²) in [6.07, 6.45) is 2.57. The lowest BCUT2D eigenvalue weighted by atomic mass is 10.2. The fourth-order valence-electron chi connectivity index (χ4n) is 1.67. The molecule has 0 radical (unpaired) electrons. The SMILES string of the molecule is CNS(=O)(=O)c1ccc(NCCc2nccs2)c(N)c1. The van der Waals surface area contributed by atoms with E-state index in [1.807, 2.05) is 5.38 Å². The number of benzene rings is 1. The Morgan fingerprint density at radius 3 is 2.80 bits per heavy atom. The molecular formula is C12H16N4O2S2. The quantitative estimate of drug-likeness (QED) is 0.698. The molecule has 0 aliphatic rings. The van der Waals surface area contributed by atoms with E-state index >= 15 is 0 Å². The highest BCUT2D eigenvalue weighted by Crippen LogP contribution is 2.22. The van der Waals surface area contributed by atoms with E-state index in [4.69, 9.17) is 5.73 Å². The molecule has 0 saturated heterocycles. The van der Waals surface area contributed by atoms with Gasteiger partial charge < -0.3 is 11.1 Å². The summed E-state index contributed by atoms with van der Waals surface area (Å²) in [5.41, 5.74) is 6.99. The summed E-state index contributed by atoms with van der Waals surface area (Å²) in [4.78, 5) is 4.34. The van der Waals surface area contributed by atoms with Gasteiger partial charge in [0.15, 0.2) is 0 Å². The number of thiazole rings is 1. The fourth-order valence-corrected chi connectivity index (χ4v) is 3.05. The highest BCUT2D eigenvalue weighted by atomic mass is 32.2. The minimum Gasteiger partial charge on any atom is -0.397 e. The van der Waals surface area contributed by atoms with Crippen molar-refractivity contribution >= 4 is 32.7 Å². The summed E-state index contributed by atoms with van der Waals surface area (Å²) in [6, 6.07) is 4.63. The van der Waals surface area contributed by atoms with Crippen molar-refractivity contribution in [3.63, 3.8) is 0 Å². The zero-order chi connectivity index (χ0) is 14.6. The zero-order valence-corrected chi connectivity index (χ0v) is 12.6. The second kappa shape index (κ2) is 6.21. The highest BCUT2D eigenvalue weighted by Gasteiger charge is 2.12. The summed E-state index contributed by atoms with van der Waals surface area (Å²) in [6.45, 7) is 0.690. The molecule has 0 aliphatic heterocycles. The lowest BCUT2D eigenvalue weighted by Gasteiger charge is -2.10. The van der Waals surface area contributed by atoms with Crippen LogP contribution in [0.15, 0.2) is 34.7 Å². The van der Waals surface area contributed by atoms with Crippen LogP contribution >= 0.6 is 11.3 Å². The highest BCUT2D eigenvalue weighted by molar-refractivity contribution is 7.89. The first-order valence-corrected chi connectivity index (χ1v) is 8.34. The van der Waals surface area contributed by atoms with E-state index in [9.17, 15) is 8.42 Å². The summed E-state index contributed by atoms with van der Waals surface area (Å²) < 4.78 is 25.5. The lowest BCUT2D eigenvalue weighted by Crippen LogP contribution is -2.19. The minimum atomic E-state index is -3.46. The second-order valence-electron chi connectivity index (χ2n) is 4.06. The van der Waals surface area contributed by atoms with Crippen molar-refractivity contribution in [1.82, 2.24) is 9.71 Å². The summed E-state index contributed by atoms with van der Waals surface area (Å²) >= 11 is 1.60. The van der Waals surface area contributed by atoms with Gasteiger partial charge in [-0.2, -0.15) is 0 Å². The van der Waals surface area contributed by atoms with Crippen molar-refractivity contribution in [2.75, 3.05) is 24.6 Å². The largest absolute Gasteiger partial charge is 0.397 e. The molecule has 6 nitrogen and oxygen atoms in total. The first-order valence-electron chi connectivity index (χ1n) is 5.98. The van der Waals surface area contributed by atoms with E-state index in [1.165, 1.54) is 19.2 Å². The van der Waals surface area contributed by atoms with Gasteiger partial charge in [0.25, 0.3) is 0 Å². The van der Waals surface area contributed by atoms with Gasteiger partial charge in [0, 0.05) is 24.5 Å². The van der Waals surface area contributed by atoms with Crippen molar-refractivity contribution in [3.05, 3.63) is 34.8 Å². The first-order chi connectivity index (χ1) is 9.53. The Morgan fingerprint density at radius 2 is 2.20 bits per heavy atom. The number of nitrogen functional groups attached to an aromatic ring is 1. The Morgan fingerprint density at radius 1 is 1.40 bits per heavy atom. The van der Waals surface area contributed by atoms with Gasteiger partial charge in [-0.1, -0.05) is 0 Å². The predicted molar refractivity (Wildman–Crippen MR) is 81.4 cm³/mol. The van der Waals surface area contributed by atoms with Crippen LogP contribution in [0.5, 0.6) is 0 Å². The van der Waals surface area contributed by atoms with Crippen molar-refractivity contribution in [1.29, 1.82) is 0 Å². The molecule has 4 N–H and O–H groups in total. The van der Waals surface area contributed by atoms with Crippen LogP contribution in [-0.2, 0) is 16.4 Å². The molecule has 1 heterocycles. The van der Waals surface area contributed by atoms with Crippen LogP contribution in [0, 0.1) is 0 Å². The molecule has 108 valence electrons. The number of sulfonamides is 1. The molecule has 0 saturated carbocycles. The molecule has 1 aromatic carbocycles. The topological polar surface area (TPSA) is 97.1 Å². The summed E-state index contributed by atoms with van der Waals surface area (Å²) in [7, 11) is -2.09. The fraction of sp³-hybridized carbons (Fsp3) is 0.250. The van der Waals surface area contributed by atoms with Gasteiger partial charge in [0.2, 0.25) is 10.0 Å². The molecule has 20 heavy (non-hydrogen) atoms. The first kappa shape index (κ1) is 14.8. The van der Waals surface area contributed by atoms with Gasteiger partial charge in [-0.05, 0) is 25.2 Å². The van der Waals surface area contributed by atoms with E-state index in [0.29, 0.717) is 12.2 Å². The third-order valence-corrected chi connectivity index (χ3v) is 4.99. The third kappa shape index (κ3) is 3.47. The van der Waals surface area contributed by atoms with Crippen LogP contribution in [0.1, 0.15) is 5.01 Å². The molecule has 8 heteroatoms. The van der Waals surface area contributed by atoms with Gasteiger partial charge in [0.05, 0.1) is 21.3 Å². The minimum absolute atomic E-state index is 0.156. The third-order valence-electron chi connectivity index (χ3n) is 2.74. The van der Waals surface area contributed by atoms with Crippen LogP contribution in [-0.4, -0.2) is 27.0 Å². The van der Waals surface area contributed by atoms with Crippen molar-refractivity contribution in [3.8, 4) is 0 Å². The van der Waals surface area contributed by atoms with Crippen LogP contribution < -0.4 is 15.8 Å². The number of hydrogen-bond acceptors (Lipinski definition) is 6. The Balaban J connectivity index is 2.03. The monoisotopic (exact) mass is 312 g/mol. The van der Waals surface area contributed by atoms with Crippen molar-refractivity contribution in [2.45, 2.75) is 11.3 Å². The van der Waals surface area contributed by atoms with E-state index in [1.54, 1.807) is 23.6 Å². The molecule has 0 bridgehead atoms. The molecule has 0 atom stereocenters. The van der Waals surface area contributed by atoms with Gasteiger partial charge >= 0.3 is 0 Å². The molecular weight excluding hydrogens is 296 g/mol. The van der Waals surface area contributed by atoms with E-state index in [-0.39, 0.29) is 4.90 Å². The molecule has 0 spiro atoms. The van der Waals surface area contributed by atoms with Crippen LogP contribution in [0.25, 0.3) is 0 Å². The average molecular weight is 312 g/mol. The van der Waals surface area contributed by atoms with Gasteiger partial charge in [0.1, 0.15) is 0 Å². The van der Waals surface area contributed by atoms with Gasteiger partial charge in [-0.15, -0.1) is 11.3 Å². The van der Waals surface area contributed by atoms with Crippen LogP contribution in [0.2, 0.25) is 0 Å². The molecule has 2 aromatic rings. The van der Waals surface area contributed by atoms with E-state index in [2.05, 4.69) is 15.0 Å². The number of nitrogens with one attached hydrogen (secondary N) is 2. The predicted octanol–water partition coefficient (Wildman–Crippen LogP) is 1.29. The van der Waals surface area contributed by atoms with E-state index < -0.39 is 10.0 Å². The number of anilines is 2. The standard InChI is InChI=1S/C12H16N4O2S2/c1-14-20(17,18)9-2-3-11(10(13)8-9)15-5-4-12-16-6-7-19-12/h2-3,6-8,14-15H,4-5,13H2,1H3. The lowest BCUT2D eigenvalue weighted by molar-refractivity contribution is 0.588. The molecule has 1 aromatic heterocycles. The van der Waals surface area contributed by atoms with Crippen LogP contribution in [0.4, 0.5) is 11.4 Å². The zero-order valence-electron chi connectivity index (χ0n) is 11.0. The number of aromatic nitrogens is 1. The molecule has 0 fully saturated rings. The number of hydrogen-bond donors (Lipinski definition) is 3. The Hall–Kier alpha value is -1.64. The number of nitrogens with zero attached hydrogens (tertiary/aromatic N) is 1. The van der Waals surface area contributed by atoms with Crippen molar-refractivity contribution < 1.29 is 8.42 Å². The van der Waals surface area contributed by atoms with Gasteiger partial charge in [-0.3, -0.25) is 0 Å². The molecule has 0 aliphatic carbocycles. The smallest absolute Gasteiger partial charge is 0.240 e. The van der Waals surface area contributed by atoms with E-state index in [0.717, 1.165) is 17.1 Å². The second-order valence-corrected chi connectivity index (χ2v) is 6.92. The van der Waals surface area contributed by atoms with Gasteiger partial charge in [-0.25, -0.2) is 18.1 Å². The number of nitrogens with two attached hydrogens (primary N) is 1. The Kier molecular flexibility index (Phi) is 4.58. The maximum absolute atomic E-state index is 11.6. The average Bonchev–Trinajstić information content (AvgIpc) is 2.93. The molecule has 2 rings (SSSR count). The maximum Gasteiger partial charge on any atom is 0.240 e. The summed E-state index contributed by atoms with van der Waals surface area (Å²) in [5, 5.41) is 6.15. The molecule has 0 unspecified atom stereocenters. The number of rotatable bonds is 6. The molecule has 0 amide bonds. The summed E-state index contributed by atoms with van der Waals surface area (Å²) in [5.74, 6) is 0. The van der Waals surface area contributed by atoms with Crippen LogP contribution in [0.3, 0.4) is 0 Å². The Bertz CT molecular complexity index is 669. The van der Waals surface area contributed by atoms with Crippen molar-refractivity contribution in [2.24, 2.45) is 0 Å².